The van der Waals surface area contributed by atoms with Crippen molar-refractivity contribution in [3.8, 4) is 0 Å². The molecule has 0 unspecified atom stereocenters. The van der Waals surface area contributed by atoms with Crippen molar-refractivity contribution in [2.24, 2.45) is 11.3 Å². The van der Waals surface area contributed by atoms with Gasteiger partial charge in [-0.25, -0.2) is 8.42 Å². The molecule has 1 aliphatic carbocycles. The fourth-order valence-electron chi connectivity index (χ4n) is 3.31. The molecule has 0 amide bonds. The van der Waals surface area contributed by atoms with Gasteiger partial charge in [-0.15, -0.1) is 0 Å². The lowest BCUT2D eigenvalue weighted by atomic mass is 9.77. The van der Waals surface area contributed by atoms with Crippen LogP contribution in [0.25, 0.3) is 0 Å². The second kappa shape index (κ2) is 5.66. The molecule has 1 N–H and O–H groups in total. The molecule has 0 bridgehead atoms. The van der Waals surface area contributed by atoms with Crippen LogP contribution in [0.5, 0.6) is 0 Å². The van der Waals surface area contributed by atoms with E-state index < -0.39 is 10.0 Å². The van der Waals surface area contributed by atoms with Crippen LogP contribution in [-0.4, -0.2) is 42.5 Å². The zero-order valence-electron chi connectivity index (χ0n) is 12.1. The molecule has 116 valence electrons. The van der Waals surface area contributed by atoms with Crippen LogP contribution >= 0.6 is 0 Å². The summed E-state index contributed by atoms with van der Waals surface area (Å²) in [6.07, 6.45) is 8.08. The minimum absolute atomic E-state index is 0.0720. The normalized spacial score (nSPS) is 27.7. The van der Waals surface area contributed by atoms with Crippen LogP contribution in [0.3, 0.4) is 0 Å². The van der Waals surface area contributed by atoms with Gasteiger partial charge in [0.1, 0.15) is 4.90 Å². The molecular weight excluding hydrogens is 288 g/mol. The minimum atomic E-state index is -3.50. The lowest BCUT2D eigenvalue weighted by Gasteiger charge is -2.41. The Morgan fingerprint density at radius 3 is 2.86 bits per heavy atom. The second-order valence-electron chi connectivity index (χ2n) is 6.44. The molecule has 5 nitrogen and oxygen atoms in total. The highest BCUT2D eigenvalue weighted by Crippen LogP contribution is 2.45. The Hall–Kier alpha value is -0.980. The van der Waals surface area contributed by atoms with Crippen LogP contribution in [0, 0.1) is 11.3 Å². The molecule has 2 aliphatic rings. The Morgan fingerprint density at radius 2 is 2.24 bits per heavy atom. The molecule has 1 saturated carbocycles. The van der Waals surface area contributed by atoms with Crippen molar-refractivity contribution < 1.29 is 13.5 Å². The predicted molar refractivity (Wildman–Crippen MR) is 79.1 cm³/mol. The van der Waals surface area contributed by atoms with Crippen molar-refractivity contribution in [2.75, 3.05) is 19.7 Å². The molecular formula is C15H22N2O3S. The minimum Gasteiger partial charge on any atom is -0.396 e. The molecule has 2 fully saturated rings. The number of nitrogens with zero attached hydrogens (tertiary/aromatic N) is 2. The van der Waals surface area contributed by atoms with Crippen molar-refractivity contribution in [3.63, 3.8) is 0 Å². The zero-order chi connectivity index (χ0) is 14.9. The number of hydrogen-bond acceptors (Lipinski definition) is 4. The van der Waals surface area contributed by atoms with E-state index in [2.05, 4.69) is 4.98 Å². The van der Waals surface area contributed by atoms with Crippen molar-refractivity contribution in [3.05, 3.63) is 24.5 Å². The number of hydrogen-bond donors (Lipinski definition) is 1. The molecule has 21 heavy (non-hydrogen) atoms. The van der Waals surface area contributed by atoms with E-state index in [0.29, 0.717) is 19.0 Å². The fourth-order valence-corrected chi connectivity index (χ4v) is 4.87. The molecule has 6 heteroatoms. The highest BCUT2D eigenvalue weighted by atomic mass is 32.2. The summed E-state index contributed by atoms with van der Waals surface area (Å²) in [5.41, 5.74) is -0.255. The number of sulfonamides is 1. The maximum absolute atomic E-state index is 12.7. The predicted octanol–water partition coefficient (Wildman–Crippen LogP) is 1.64. The maximum Gasteiger partial charge on any atom is 0.244 e. The van der Waals surface area contributed by atoms with Crippen LogP contribution in [0.15, 0.2) is 29.4 Å². The number of aliphatic hydroxyl groups excluding tert-OH is 1. The van der Waals surface area contributed by atoms with Crippen molar-refractivity contribution in [1.82, 2.24) is 9.29 Å². The third kappa shape index (κ3) is 3.12. The number of rotatable bonds is 5. The Morgan fingerprint density at radius 1 is 1.43 bits per heavy atom. The summed E-state index contributed by atoms with van der Waals surface area (Å²) in [7, 11) is -3.50. The first-order chi connectivity index (χ1) is 10.1. The monoisotopic (exact) mass is 310 g/mol. The van der Waals surface area contributed by atoms with Gasteiger partial charge in [-0.2, -0.15) is 4.31 Å². The number of aliphatic hydroxyl groups is 1. The summed E-state index contributed by atoms with van der Waals surface area (Å²) in [5.74, 6) is 0.679. The molecule has 3 rings (SSSR count). The average Bonchev–Trinajstić information content (AvgIpc) is 3.32. The second-order valence-corrected chi connectivity index (χ2v) is 8.37. The first kappa shape index (κ1) is 14.9. The van der Waals surface area contributed by atoms with Crippen LogP contribution in [-0.2, 0) is 10.0 Å². The third-order valence-electron chi connectivity index (χ3n) is 4.65. The van der Waals surface area contributed by atoms with Crippen LogP contribution in [0.4, 0.5) is 0 Å². The molecule has 0 radical (unpaired) electrons. The first-order valence-electron chi connectivity index (χ1n) is 7.57. The summed E-state index contributed by atoms with van der Waals surface area (Å²) in [5, 5.41) is 9.84. The molecule has 1 atom stereocenters. The molecule has 0 spiro atoms. The van der Waals surface area contributed by atoms with Crippen LogP contribution in [0.2, 0.25) is 0 Å². The molecule has 0 aromatic carbocycles. The molecule has 2 heterocycles. The fraction of sp³-hybridized carbons (Fsp3) is 0.667. The van der Waals surface area contributed by atoms with E-state index in [9.17, 15) is 13.5 Å². The highest BCUT2D eigenvalue weighted by Gasteiger charge is 2.42. The van der Waals surface area contributed by atoms with Crippen LogP contribution in [0.1, 0.15) is 32.1 Å². The molecule has 1 aromatic rings. The van der Waals surface area contributed by atoms with E-state index in [1.165, 1.54) is 23.3 Å². The van der Waals surface area contributed by atoms with Crippen LogP contribution < -0.4 is 0 Å². The van der Waals surface area contributed by atoms with E-state index in [1.807, 2.05) is 0 Å². The van der Waals surface area contributed by atoms with Gasteiger partial charge in [-0.1, -0.05) is 12.8 Å². The van der Waals surface area contributed by atoms with E-state index in [0.717, 1.165) is 19.3 Å². The number of pyridine rings is 1. The smallest absolute Gasteiger partial charge is 0.244 e. The summed E-state index contributed by atoms with van der Waals surface area (Å²) < 4.78 is 26.9. The average molecular weight is 310 g/mol. The van der Waals surface area contributed by atoms with E-state index in [-0.39, 0.29) is 16.9 Å². The van der Waals surface area contributed by atoms with Gasteiger partial charge in [0.05, 0.1) is 0 Å². The highest BCUT2D eigenvalue weighted by molar-refractivity contribution is 7.89. The summed E-state index contributed by atoms with van der Waals surface area (Å²) in [6.45, 7) is 1.03. The van der Waals surface area contributed by atoms with E-state index in [4.69, 9.17) is 0 Å². The van der Waals surface area contributed by atoms with Crippen molar-refractivity contribution in [1.29, 1.82) is 0 Å². The van der Waals surface area contributed by atoms with Gasteiger partial charge in [-0.3, -0.25) is 4.98 Å². The topological polar surface area (TPSA) is 70.5 Å². The number of piperidine rings is 1. The van der Waals surface area contributed by atoms with E-state index in [1.54, 1.807) is 18.3 Å². The third-order valence-corrected chi connectivity index (χ3v) is 6.48. The Bertz CT molecular complexity index is 586. The van der Waals surface area contributed by atoms with Gasteiger partial charge < -0.3 is 5.11 Å². The quantitative estimate of drug-likeness (QED) is 0.897. The Labute approximate surface area is 126 Å². The van der Waals surface area contributed by atoms with Crippen molar-refractivity contribution in [2.45, 2.75) is 37.0 Å². The molecule has 1 aliphatic heterocycles. The lowest BCUT2D eigenvalue weighted by molar-refractivity contribution is 0.0514. The van der Waals surface area contributed by atoms with Gasteiger partial charge in [0.2, 0.25) is 10.0 Å². The lowest BCUT2D eigenvalue weighted by Crippen LogP contribution is -2.48. The first-order valence-corrected chi connectivity index (χ1v) is 9.01. The Balaban J connectivity index is 1.81. The maximum atomic E-state index is 12.7. The Kier molecular flexibility index (Phi) is 4.03. The summed E-state index contributed by atoms with van der Waals surface area (Å²) in [4.78, 5) is 4.15. The molecule has 1 saturated heterocycles. The van der Waals surface area contributed by atoms with E-state index >= 15 is 0 Å². The standard InChI is InChI=1S/C15H22N2O3S/c18-12-15(9-13-4-5-13)6-2-8-17(11-15)21(19,20)14-3-1-7-16-10-14/h1,3,7,10,13,18H,2,4-6,8-9,11-12H2/t15-/m1/s1. The molecule has 1 aromatic heterocycles. The van der Waals surface area contributed by atoms with Gasteiger partial charge >= 0.3 is 0 Å². The number of aromatic nitrogens is 1. The summed E-state index contributed by atoms with van der Waals surface area (Å²) >= 11 is 0. The van der Waals surface area contributed by atoms with Gasteiger partial charge in [0.15, 0.2) is 0 Å². The summed E-state index contributed by atoms with van der Waals surface area (Å²) in [6, 6.07) is 3.22. The van der Waals surface area contributed by atoms with Gasteiger partial charge in [0.25, 0.3) is 0 Å². The largest absolute Gasteiger partial charge is 0.396 e. The zero-order valence-corrected chi connectivity index (χ0v) is 12.9. The van der Waals surface area contributed by atoms with Gasteiger partial charge in [-0.05, 0) is 37.3 Å². The van der Waals surface area contributed by atoms with Crippen molar-refractivity contribution >= 4 is 10.0 Å². The SMILES string of the molecule is O=S(=O)(c1cccnc1)N1CCC[C@@](CO)(CC2CC2)C1. The van der Waals surface area contributed by atoms with Gasteiger partial charge in [0, 0.05) is 37.5 Å².